The van der Waals surface area contributed by atoms with Crippen molar-refractivity contribution in [1.82, 2.24) is 10.2 Å². The normalized spacial score (nSPS) is 24.3. The van der Waals surface area contributed by atoms with Crippen molar-refractivity contribution in [2.75, 3.05) is 26.7 Å². The largest absolute Gasteiger partial charge is 0.467 e. The average molecular weight is 292 g/mol. The minimum absolute atomic E-state index is 0.316. The first kappa shape index (κ1) is 14.6. The van der Waals surface area contributed by atoms with Crippen molar-refractivity contribution in [2.24, 2.45) is 5.92 Å². The first-order valence-corrected chi connectivity index (χ1v) is 7.88. The molecular formula is C16H24N2O3. The summed E-state index contributed by atoms with van der Waals surface area (Å²) in [7, 11) is 1.40. The van der Waals surface area contributed by atoms with Crippen LogP contribution in [0.1, 0.15) is 41.8 Å². The maximum absolute atomic E-state index is 11.7. The molecular weight excluding hydrogens is 268 g/mol. The molecule has 2 saturated heterocycles. The average Bonchev–Trinajstić information content (AvgIpc) is 3.18. The van der Waals surface area contributed by atoms with Crippen molar-refractivity contribution in [3.05, 3.63) is 23.7 Å². The molecule has 1 atom stereocenters. The van der Waals surface area contributed by atoms with Crippen LogP contribution in [0.5, 0.6) is 0 Å². The molecule has 1 aromatic rings. The molecule has 1 aromatic heterocycles. The Morgan fingerprint density at radius 1 is 1.43 bits per heavy atom. The number of furan rings is 1. The molecule has 0 aliphatic carbocycles. The Morgan fingerprint density at radius 3 is 2.90 bits per heavy atom. The Balaban J connectivity index is 1.53. The predicted octanol–water partition coefficient (Wildman–Crippen LogP) is 2.03. The van der Waals surface area contributed by atoms with Crippen molar-refractivity contribution < 1.29 is 13.9 Å². The minimum Gasteiger partial charge on any atom is -0.467 e. The molecule has 116 valence electrons. The van der Waals surface area contributed by atoms with Crippen LogP contribution in [0.25, 0.3) is 0 Å². The van der Waals surface area contributed by atoms with E-state index in [1.807, 2.05) is 0 Å². The summed E-state index contributed by atoms with van der Waals surface area (Å²) in [6.07, 6.45) is 6.67. The zero-order valence-corrected chi connectivity index (χ0v) is 12.6. The summed E-state index contributed by atoms with van der Waals surface area (Å²) in [5, 5.41) is 3.62. The number of esters is 1. The lowest BCUT2D eigenvalue weighted by atomic mass is 9.88. The van der Waals surface area contributed by atoms with Gasteiger partial charge in [0.25, 0.3) is 0 Å². The molecule has 0 aromatic carbocycles. The number of piperidine rings is 1. The predicted molar refractivity (Wildman–Crippen MR) is 79.1 cm³/mol. The summed E-state index contributed by atoms with van der Waals surface area (Å²) in [5.41, 5.74) is 0.553. The first-order valence-electron chi connectivity index (χ1n) is 7.88. The molecule has 1 N–H and O–H groups in total. The number of methoxy groups -OCH3 is 1. The van der Waals surface area contributed by atoms with Gasteiger partial charge in [0, 0.05) is 6.04 Å². The van der Waals surface area contributed by atoms with Crippen LogP contribution in [0, 0.1) is 5.92 Å². The second kappa shape index (κ2) is 6.62. The fourth-order valence-corrected chi connectivity index (χ4v) is 3.59. The van der Waals surface area contributed by atoms with Gasteiger partial charge in [-0.05, 0) is 57.3 Å². The van der Waals surface area contributed by atoms with Gasteiger partial charge in [0.15, 0.2) is 0 Å². The van der Waals surface area contributed by atoms with Crippen LogP contribution in [-0.2, 0) is 11.3 Å². The summed E-state index contributed by atoms with van der Waals surface area (Å²) in [5.74, 6) is 1.21. The smallest absolute Gasteiger partial charge is 0.341 e. The Kier molecular flexibility index (Phi) is 4.60. The minimum atomic E-state index is -0.316. The summed E-state index contributed by atoms with van der Waals surface area (Å²) in [6.45, 7) is 4.02. The van der Waals surface area contributed by atoms with E-state index in [1.54, 1.807) is 12.3 Å². The van der Waals surface area contributed by atoms with Gasteiger partial charge in [-0.15, -0.1) is 0 Å². The molecule has 2 aliphatic rings. The molecule has 0 amide bonds. The van der Waals surface area contributed by atoms with E-state index in [0.29, 0.717) is 12.1 Å². The van der Waals surface area contributed by atoms with Gasteiger partial charge in [-0.3, -0.25) is 4.90 Å². The Bertz CT molecular complexity index is 472. The lowest BCUT2D eigenvalue weighted by Crippen LogP contribution is -2.40. The van der Waals surface area contributed by atoms with Crippen LogP contribution >= 0.6 is 0 Å². The first-order chi connectivity index (χ1) is 10.3. The van der Waals surface area contributed by atoms with E-state index in [-0.39, 0.29) is 5.97 Å². The number of likely N-dealkylation sites (tertiary alicyclic amines) is 1. The van der Waals surface area contributed by atoms with E-state index in [1.165, 1.54) is 39.3 Å². The van der Waals surface area contributed by atoms with Crippen molar-refractivity contribution in [1.29, 1.82) is 0 Å². The lowest BCUT2D eigenvalue weighted by Gasteiger charge is -2.34. The summed E-state index contributed by atoms with van der Waals surface area (Å²) in [6, 6.07) is 2.41. The van der Waals surface area contributed by atoms with Crippen LogP contribution in [0.2, 0.25) is 0 Å². The number of carbonyl (C=O) groups is 1. The third-order valence-electron chi connectivity index (χ3n) is 4.82. The number of hydrogen-bond acceptors (Lipinski definition) is 5. The zero-order valence-electron chi connectivity index (χ0n) is 12.6. The topological polar surface area (TPSA) is 54.7 Å². The molecule has 21 heavy (non-hydrogen) atoms. The molecule has 0 radical (unpaired) electrons. The molecule has 0 spiro atoms. The van der Waals surface area contributed by atoms with Gasteiger partial charge in [-0.25, -0.2) is 4.79 Å². The maximum atomic E-state index is 11.7. The summed E-state index contributed by atoms with van der Waals surface area (Å²) < 4.78 is 10.2. The fraction of sp³-hybridized carbons (Fsp3) is 0.688. The van der Waals surface area contributed by atoms with E-state index >= 15 is 0 Å². The quantitative estimate of drug-likeness (QED) is 0.861. The maximum Gasteiger partial charge on any atom is 0.341 e. The Hall–Kier alpha value is -1.33. The number of ether oxygens (including phenoxy) is 1. The molecule has 3 rings (SSSR count). The van der Waals surface area contributed by atoms with Gasteiger partial charge >= 0.3 is 5.97 Å². The van der Waals surface area contributed by atoms with Crippen molar-refractivity contribution >= 4 is 5.97 Å². The molecule has 5 nitrogen and oxygen atoms in total. The Morgan fingerprint density at radius 2 is 2.24 bits per heavy atom. The van der Waals surface area contributed by atoms with Gasteiger partial charge in [0.05, 0.1) is 19.9 Å². The number of rotatable bonds is 4. The molecule has 3 heterocycles. The van der Waals surface area contributed by atoms with Gasteiger partial charge in [0.2, 0.25) is 0 Å². The number of hydrogen-bond donors (Lipinski definition) is 1. The highest BCUT2D eigenvalue weighted by Crippen LogP contribution is 2.27. The molecule has 2 fully saturated rings. The van der Waals surface area contributed by atoms with E-state index in [2.05, 4.69) is 10.2 Å². The highest BCUT2D eigenvalue weighted by Gasteiger charge is 2.29. The molecule has 5 heteroatoms. The van der Waals surface area contributed by atoms with E-state index < -0.39 is 0 Å². The van der Waals surface area contributed by atoms with Gasteiger partial charge in [-0.1, -0.05) is 0 Å². The highest BCUT2D eigenvalue weighted by atomic mass is 16.5. The SMILES string of the molecule is COC(=O)c1ccoc1CN1CCC(C2CCCN2)CC1. The third kappa shape index (κ3) is 3.30. The van der Waals surface area contributed by atoms with Gasteiger partial charge < -0.3 is 14.5 Å². The van der Waals surface area contributed by atoms with Crippen LogP contribution in [0.15, 0.2) is 16.7 Å². The Labute approximate surface area is 125 Å². The molecule has 0 saturated carbocycles. The van der Waals surface area contributed by atoms with E-state index in [9.17, 15) is 4.79 Å². The third-order valence-corrected chi connectivity index (χ3v) is 4.82. The molecule has 2 aliphatic heterocycles. The van der Waals surface area contributed by atoms with Crippen molar-refractivity contribution in [2.45, 2.75) is 38.3 Å². The second-order valence-electron chi connectivity index (χ2n) is 6.07. The fourth-order valence-electron chi connectivity index (χ4n) is 3.59. The summed E-state index contributed by atoms with van der Waals surface area (Å²) >= 11 is 0. The van der Waals surface area contributed by atoms with E-state index in [4.69, 9.17) is 9.15 Å². The van der Waals surface area contributed by atoms with Crippen LogP contribution in [0.3, 0.4) is 0 Å². The van der Waals surface area contributed by atoms with Crippen molar-refractivity contribution in [3.8, 4) is 0 Å². The lowest BCUT2D eigenvalue weighted by molar-refractivity contribution is 0.0595. The van der Waals surface area contributed by atoms with Gasteiger partial charge in [-0.2, -0.15) is 0 Å². The van der Waals surface area contributed by atoms with Crippen LogP contribution < -0.4 is 5.32 Å². The van der Waals surface area contributed by atoms with Crippen LogP contribution in [-0.4, -0.2) is 43.7 Å². The molecule has 0 bridgehead atoms. The number of nitrogens with one attached hydrogen (secondary N) is 1. The van der Waals surface area contributed by atoms with Crippen molar-refractivity contribution in [3.63, 3.8) is 0 Å². The monoisotopic (exact) mass is 292 g/mol. The highest BCUT2D eigenvalue weighted by molar-refractivity contribution is 5.90. The second-order valence-corrected chi connectivity index (χ2v) is 6.07. The standard InChI is InChI=1S/C16H24N2O3/c1-20-16(19)13-6-10-21-15(13)11-18-8-4-12(5-9-18)14-3-2-7-17-14/h6,10,12,14,17H,2-5,7-9,11H2,1H3. The zero-order chi connectivity index (χ0) is 14.7. The van der Waals surface area contributed by atoms with Crippen LogP contribution in [0.4, 0.5) is 0 Å². The summed E-state index contributed by atoms with van der Waals surface area (Å²) in [4.78, 5) is 14.0. The molecule has 1 unspecified atom stereocenters. The number of carbonyl (C=O) groups excluding carboxylic acids is 1. The number of nitrogens with zero attached hydrogens (tertiary/aromatic N) is 1. The van der Waals surface area contributed by atoms with Gasteiger partial charge in [0.1, 0.15) is 11.3 Å². The van der Waals surface area contributed by atoms with E-state index in [0.717, 1.165) is 30.8 Å².